The van der Waals surface area contributed by atoms with Gasteiger partial charge >= 0.3 is 0 Å². The Morgan fingerprint density at radius 1 is 1.55 bits per heavy atom. The van der Waals surface area contributed by atoms with Gasteiger partial charge in [0.1, 0.15) is 5.60 Å². The smallest absolute Gasteiger partial charge is 0.205 e. The molecular formula is C9H14O2. The van der Waals surface area contributed by atoms with Gasteiger partial charge in [-0.3, -0.25) is 4.79 Å². The number of ether oxygens (including phenoxy) is 1. The van der Waals surface area contributed by atoms with Crippen LogP contribution in [0.4, 0.5) is 0 Å². The van der Waals surface area contributed by atoms with E-state index in [0.29, 0.717) is 6.42 Å². The normalized spacial score (nSPS) is 10.2. The molecule has 0 saturated heterocycles. The molecule has 0 aromatic rings. The van der Waals surface area contributed by atoms with Crippen LogP contribution in [-0.4, -0.2) is 18.5 Å². The Balaban J connectivity index is 4.16. The summed E-state index contributed by atoms with van der Waals surface area (Å²) < 4.78 is 5.01. The van der Waals surface area contributed by atoms with E-state index in [4.69, 9.17) is 4.74 Å². The molecule has 0 aromatic heterocycles. The molecule has 0 unspecified atom stereocenters. The Bertz CT molecular complexity index is 193. The Hall–Kier alpha value is -0.810. The molecular weight excluding hydrogens is 140 g/mol. The van der Waals surface area contributed by atoms with Gasteiger partial charge < -0.3 is 4.74 Å². The van der Waals surface area contributed by atoms with Crippen LogP contribution in [0.3, 0.4) is 0 Å². The fourth-order valence-electron chi connectivity index (χ4n) is 0.360. The van der Waals surface area contributed by atoms with Crippen LogP contribution in [-0.2, 0) is 9.53 Å². The number of methoxy groups -OCH3 is 1. The van der Waals surface area contributed by atoms with E-state index in [0.717, 1.165) is 0 Å². The van der Waals surface area contributed by atoms with E-state index < -0.39 is 5.60 Å². The summed E-state index contributed by atoms with van der Waals surface area (Å²) in [6, 6.07) is 0. The van der Waals surface area contributed by atoms with Gasteiger partial charge in [0.15, 0.2) is 0 Å². The lowest BCUT2D eigenvalue weighted by Gasteiger charge is -2.13. The van der Waals surface area contributed by atoms with E-state index in [1.165, 1.54) is 0 Å². The summed E-state index contributed by atoms with van der Waals surface area (Å²) in [5.74, 6) is 5.20. The average molecular weight is 154 g/mol. The van der Waals surface area contributed by atoms with Crippen molar-refractivity contribution in [1.29, 1.82) is 0 Å². The van der Waals surface area contributed by atoms with Crippen molar-refractivity contribution in [3.8, 4) is 11.8 Å². The topological polar surface area (TPSA) is 26.3 Å². The molecule has 0 aliphatic carbocycles. The van der Waals surface area contributed by atoms with Crippen molar-refractivity contribution in [3.63, 3.8) is 0 Å². The van der Waals surface area contributed by atoms with Crippen molar-refractivity contribution < 1.29 is 9.53 Å². The highest BCUT2D eigenvalue weighted by atomic mass is 16.5. The fourth-order valence-corrected chi connectivity index (χ4v) is 0.360. The summed E-state index contributed by atoms with van der Waals surface area (Å²) in [6.45, 7) is 5.43. The first kappa shape index (κ1) is 10.2. The highest BCUT2D eigenvalue weighted by molar-refractivity contribution is 5.95. The fraction of sp³-hybridized carbons (Fsp3) is 0.667. The zero-order chi connectivity index (χ0) is 8.91. The molecule has 0 heterocycles. The van der Waals surface area contributed by atoms with Crippen LogP contribution in [0, 0.1) is 11.8 Å². The standard InChI is InChI=1S/C9H14O2/c1-5-8(10)6-7-9(2,3)11-4/h5H2,1-4H3. The third-order valence-corrected chi connectivity index (χ3v) is 1.33. The lowest BCUT2D eigenvalue weighted by Crippen LogP contribution is -2.19. The molecule has 0 amide bonds. The van der Waals surface area contributed by atoms with Crippen LogP contribution in [0.15, 0.2) is 0 Å². The number of Topliss-reactive ketones (excluding diaryl/α,β-unsaturated/α-hetero) is 1. The van der Waals surface area contributed by atoms with Crippen LogP contribution in [0.2, 0.25) is 0 Å². The highest BCUT2D eigenvalue weighted by Gasteiger charge is 2.10. The predicted octanol–water partition coefficient (Wildman–Crippen LogP) is 1.39. The molecule has 0 bridgehead atoms. The molecule has 0 fully saturated rings. The summed E-state index contributed by atoms with van der Waals surface area (Å²) in [6.07, 6.45) is 0.465. The maximum absolute atomic E-state index is 10.7. The van der Waals surface area contributed by atoms with Gasteiger partial charge in [0, 0.05) is 13.5 Å². The van der Waals surface area contributed by atoms with Crippen LogP contribution in [0.1, 0.15) is 27.2 Å². The van der Waals surface area contributed by atoms with Gasteiger partial charge in [0.2, 0.25) is 5.78 Å². The van der Waals surface area contributed by atoms with Gasteiger partial charge in [0.05, 0.1) is 0 Å². The Morgan fingerprint density at radius 2 is 2.09 bits per heavy atom. The van der Waals surface area contributed by atoms with Crippen LogP contribution < -0.4 is 0 Å². The molecule has 0 spiro atoms. The molecule has 0 atom stereocenters. The summed E-state index contributed by atoms with van der Waals surface area (Å²) in [7, 11) is 1.57. The molecule has 2 nitrogen and oxygen atoms in total. The molecule has 0 radical (unpaired) electrons. The van der Waals surface area contributed by atoms with Crippen molar-refractivity contribution in [2.75, 3.05) is 7.11 Å². The summed E-state index contributed by atoms with van der Waals surface area (Å²) in [4.78, 5) is 10.7. The number of carbonyl (C=O) groups excluding carboxylic acids is 1. The van der Waals surface area contributed by atoms with Gasteiger partial charge in [-0.15, -0.1) is 0 Å². The monoisotopic (exact) mass is 154 g/mol. The molecule has 0 aliphatic rings. The molecule has 2 heteroatoms. The summed E-state index contributed by atoms with van der Waals surface area (Å²) in [5, 5.41) is 0. The average Bonchev–Trinajstić information content (AvgIpc) is 2.00. The maximum Gasteiger partial charge on any atom is 0.205 e. The molecule has 0 aromatic carbocycles. The molecule has 0 rings (SSSR count). The van der Waals surface area contributed by atoms with E-state index in [2.05, 4.69) is 11.8 Å². The SMILES string of the molecule is CCC(=O)C#CC(C)(C)OC. The first-order valence-electron chi connectivity index (χ1n) is 3.63. The van der Waals surface area contributed by atoms with E-state index in [1.54, 1.807) is 14.0 Å². The molecule has 0 aliphatic heterocycles. The maximum atomic E-state index is 10.7. The van der Waals surface area contributed by atoms with Gasteiger partial charge in [-0.1, -0.05) is 12.8 Å². The molecule has 0 N–H and O–H groups in total. The molecule has 11 heavy (non-hydrogen) atoms. The lowest BCUT2D eigenvalue weighted by molar-refractivity contribution is -0.113. The minimum atomic E-state index is -0.509. The summed E-state index contributed by atoms with van der Waals surface area (Å²) >= 11 is 0. The third-order valence-electron chi connectivity index (χ3n) is 1.33. The van der Waals surface area contributed by atoms with Gasteiger partial charge in [0.25, 0.3) is 0 Å². The number of carbonyl (C=O) groups is 1. The Morgan fingerprint density at radius 3 is 2.45 bits per heavy atom. The molecule has 62 valence electrons. The predicted molar refractivity (Wildman–Crippen MR) is 44.2 cm³/mol. The number of ketones is 1. The van der Waals surface area contributed by atoms with E-state index >= 15 is 0 Å². The first-order chi connectivity index (χ1) is 5.02. The van der Waals surface area contributed by atoms with Crippen molar-refractivity contribution in [3.05, 3.63) is 0 Å². The quantitative estimate of drug-likeness (QED) is 0.444. The van der Waals surface area contributed by atoms with Crippen molar-refractivity contribution in [2.24, 2.45) is 0 Å². The van der Waals surface area contributed by atoms with Crippen molar-refractivity contribution in [1.82, 2.24) is 0 Å². The van der Waals surface area contributed by atoms with E-state index in [9.17, 15) is 4.79 Å². The van der Waals surface area contributed by atoms with Gasteiger partial charge in [-0.2, -0.15) is 0 Å². The number of rotatable bonds is 2. The summed E-state index contributed by atoms with van der Waals surface area (Å²) in [5.41, 5.74) is -0.509. The lowest BCUT2D eigenvalue weighted by atomic mass is 10.1. The highest BCUT2D eigenvalue weighted by Crippen LogP contribution is 2.03. The second kappa shape index (κ2) is 4.15. The van der Waals surface area contributed by atoms with Gasteiger partial charge in [-0.25, -0.2) is 0 Å². The van der Waals surface area contributed by atoms with Crippen molar-refractivity contribution >= 4 is 5.78 Å². The number of hydrogen-bond acceptors (Lipinski definition) is 2. The van der Waals surface area contributed by atoms with Crippen LogP contribution in [0.5, 0.6) is 0 Å². The second-order valence-corrected chi connectivity index (χ2v) is 2.74. The minimum Gasteiger partial charge on any atom is -0.366 e. The largest absolute Gasteiger partial charge is 0.366 e. The third kappa shape index (κ3) is 4.58. The Kier molecular flexibility index (Phi) is 3.84. The second-order valence-electron chi connectivity index (χ2n) is 2.74. The minimum absolute atomic E-state index is 0.0462. The molecule has 0 saturated carbocycles. The number of hydrogen-bond donors (Lipinski definition) is 0. The van der Waals surface area contributed by atoms with Crippen LogP contribution >= 0.6 is 0 Å². The first-order valence-corrected chi connectivity index (χ1v) is 3.63. The van der Waals surface area contributed by atoms with E-state index in [-0.39, 0.29) is 5.78 Å². The van der Waals surface area contributed by atoms with E-state index in [1.807, 2.05) is 13.8 Å². The zero-order valence-electron chi connectivity index (χ0n) is 7.52. The van der Waals surface area contributed by atoms with Crippen LogP contribution in [0.25, 0.3) is 0 Å². The van der Waals surface area contributed by atoms with Crippen molar-refractivity contribution in [2.45, 2.75) is 32.8 Å². The Labute approximate surface area is 67.9 Å². The zero-order valence-corrected chi connectivity index (χ0v) is 7.52. The van der Waals surface area contributed by atoms with Gasteiger partial charge in [-0.05, 0) is 19.8 Å².